The van der Waals surface area contributed by atoms with E-state index in [-0.39, 0.29) is 23.7 Å². The zero-order chi connectivity index (χ0) is 17.0. The number of pyridine rings is 1. The highest BCUT2D eigenvalue weighted by Crippen LogP contribution is 2.23. The number of piperidine rings is 1. The van der Waals surface area contributed by atoms with Gasteiger partial charge < -0.3 is 5.32 Å². The van der Waals surface area contributed by atoms with Gasteiger partial charge in [-0.3, -0.25) is 4.98 Å². The number of nitrogens with one attached hydrogen (secondary N) is 1. The molecule has 1 aliphatic heterocycles. The molecule has 0 radical (unpaired) electrons. The molecular formula is C16H26FN3O2S. The molecule has 0 amide bonds. The second kappa shape index (κ2) is 7.68. The summed E-state index contributed by atoms with van der Waals surface area (Å²) in [6.45, 7) is 6.97. The van der Waals surface area contributed by atoms with Crippen LogP contribution in [0.15, 0.2) is 18.3 Å². The van der Waals surface area contributed by atoms with Crippen LogP contribution >= 0.6 is 0 Å². The average Bonchev–Trinajstić information content (AvgIpc) is 2.54. The van der Waals surface area contributed by atoms with Gasteiger partial charge >= 0.3 is 0 Å². The van der Waals surface area contributed by atoms with Crippen molar-refractivity contribution >= 4 is 10.0 Å². The summed E-state index contributed by atoms with van der Waals surface area (Å²) >= 11 is 0. The number of hydrogen-bond donors (Lipinski definition) is 1. The Balaban J connectivity index is 1.99. The highest BCUT2D eigenvalue weighted by Gasteiger charge is 2.29. The zero-order valence-electron chi connectivity index (χ0n) is 14.0. The summed E-state index contributed by atoms with van der Waals surface area (Å²) in [6, 6.07) is 3.42. The van der Waals surface area contributed by atoms with E-state index in [1.54, 1.807) is 17.3 Å². The van der Waals surface area contributed by atoms with E-state index >= 15 is 0 Å². The number of hydrogen-bond acceptors (Lipinski definition) is 4. The predicted octanol–water partition coefficient (Wildman–Crippen LogP) is 2.32. The Morgan fingerprint density at radius 2 is 2.00 bits per heavy atom. The fourth-order valence-electron chi connectivity index (χ4n) is 2.93. The number of sulfonamides is 1. The highest BCUT2D eigenvalue weighted by atomic mass is 32.2. The van der Waals surface area contributed by atoms with E-state index in [9.17, 15) is 12.8 Å². The first kappa shape index (κ1) is 18.3. The Morgan fingerprint density at radius 1 is 1.35 bits per heavy atom. The van der Waals surface area contributed by atoms with Crippen LogP contribution in [0, 0.1) is 11.7 Å². The molecule has 0 spiro atoms. The topological polar surface area (TPSA) is 62.3 Å². The van der Waals surface area contributed by atoms with E-state index in [0.29, 0.717) is 19.0 Å². The normalized spacial score (nSPS) is 19.2. The van der Waals surface area contributed by atoms with E-state index in [4.69, 9.17) is 0 Å². The average molecular weight is 343 g/mol. The van der Waals surface area contributed by atoms with Crippen molar-refractivity contribution in [2.45, 2.75) is 45.7 Å². The summed E-state index contributed by atoms with van der Waals surface area (Å²) in [4.78, 5) is 4.19. The molecule has 1 aromatic rings. The van der Waals surface area contributed by atoms with Crippen molar-refractivity contribution in [2.24, 2.45) is 5.92 Å². The number of nitrogens with zero attached hydrogens (tertiary/aromatic N) is 2. The van der Waals surface area contributed by atoms with Crippen molar-refractivity contribution in [3.63, 3.8) is 0 Å². The van der Waals surface area contributed by atoms with Gasteiger partial charge in [-0.2, -0.15) is 0 Å². The summed E-state index contributed by atoms with van der Waals surface area (Å²) in [7, 11) is -3.09. The Morgan fingerprint density at radius 3 is 2.48 bits per heavy atom. The van der Waals surface area contributed by atoms with E-state index in [0.717, 1.165) is 18.5 Å². The predicted molar refractivity (Wildman–Crippen MR) is 89.0 cm³/mol. The fraction of sp³-hybridized carbons (Fsp3) is 0.688. The summed E-state index contributed by atoms with van der Waals surface area (Å²) in [6.07, 6.45) is 2.80. The van der Waals surface area contributed by atoms with E-state index in [1.165, 1.54) is 12.3 Å². The minimum absolute atomic E-state index is 0.0370. The lowest BCUT2D eigenvalue weighted by Crippen LogP contribution is -2.47. The molecule has 1 aromatic heterocycles. The molecular weight excluding hydrogens is 317 g/mol. The maximum atomic E-state index is 13.1. The molecule has 1 saturated heterocycles. The van der Waals surface area contributed by atoms with Crippen LogP contribution in [0.3, 0.4) is 0 Å². The summed E-state index contributed by atoms with van der Waals surface area (Å²) in [5.74, 6) is 0.124. The van der Waals surface area contributed by atoms with Gasteiger partial charge in [0.05, 0.1) is 23.7 Å². The van der Waals surface area contributed by atoms with Crippen LogP contribution in [0.1, 0.15) is 45.3 Å². The lowest BCUT2D eigenvalue weighted by molar-refractivity contribution is 0.253. The molecule has 0 aliphatic carbocycles. The molecule has 0 saturated carbocycles. The number of halogens is 1. The van der Waals surface area contributed by atoms with Crippen LogP contribution in [0.5, 0.6) is 0 Å². The smallest absolute Gasteiger partial charge is 0.213 e. The van der Waals surface area contributed by atoms with Crippen LogP contribution in [0.2, 0.25) is 0 Å². The second-order valence-electron chi connectivity index (χ2n) is 6.36. The first-order valence-electron chi connectivity index (χ1n) is 8.18. The third-order valence-electron chi connectivity index (χ3n) is 4.36. The third kappa shape index (κ3) is 4.71. The molecule has 0 bridgehead atoms. The lowest BCUT2D eigenvalue weighted by Gasteiger charge is -2.34. The molecule has 2 rings (SSSR count). The maximum absolute atomic E-state index is 13.1. The Kier molecular flexibility index (Phi) is 6.11. The van der Waals surface area contributed by atoms with Crippen LogP contribution in [0.4, 0.5) is 4.39 Å². The quantitative estimate of drug-likeness (QED) is 0.861. The van der Waals surface area contributed by atoms with Crippen molar-refractivity contribution in [1.29, 1.82) is 0 Å². The lowest BCUT2D eigenvalue weighted by atomic mass is 9.97. The van der Waals surface area contributed by atoms with Gasteiger partial charge in [0.2, 0.25) is 10.0 Å². The molecule has 23 heavy (non-hydrogen) atoms. The third-order valence-corrected chi connectivity index (χ3v) is 6.24. The minimum atomic E-state index is -3.09. The number of aromatic nitrogens is 1. The minimum Gasteiger partial charge on any atom is -0.306 e. The molecule has 7 heteroatoms. The van der Waals surface area contributed by atoms with Gasteiger partial charge in [-0.1, -0.05) is 13.8 Å². The van der Waals surface area contributed by atoms with Gasteiger partial charge in [0, 0.05) is 19.1 Å². The van der Waals surface area contributed by atoms with Crippen molar-refractivity contribution < 1.29 is 12.8 Å². The SMILES string of the molecule is CCS(=O)(=O)N1CCC(N[C@H](c2ccc(F)cn2)C(C)C)CC1. The molecule has 1 fully saturated rings. The fourth-order valence-corrected chi connectivity index (χ4v) is 4.06. The molecule has 1 N–H and O–H groups in total. The molecule has 130 valence electrons. The van der Waals surface area contributed by atoms with Gasteiger partial charge in [-0.15, -0.1) is 0 Å². The van der Waals surface area contributed by atoms with Crippen LogP contribution in [-0.4, -0.2) is 42.6 Å². The zero-order valence-corrected chi connectivity index (χ0v) is 14.8. The van der Waals surface area contributed by atoms with Crippen LogP contribution in [-0.2, 0) is 10.0 Å². The Labute approximate surface area is 138 Å². The number of rotatable bonds is 6. The van der Waals surface area contributed by atoms with Crippen molar-refractivity contribution in [3.8, 4) is 0 Å². The maximum Gasteiger partial charge on any atom is 0.213 e. The Hall–Kier alpha value is -1.05. The largest absolute Gasteiger partial charge is 0.306 e. The van der Waals surface area contributed by atoms with Gasteiger partial charge in [0.1, 0.15) is 5.82 Å². The molecule has 0 unspecified atom stereocenters. The molecule has 0 aromatic carbocycles. The van der Waals surface area contributed by atoms with E-state index in [1.807, 2.05) is 0 Å². The highest BCUT2D eigenvalue weighted by molar-refractivity contribution is 7.89. The Bertz CT molecular complexity index is 596. The summed E-state index contributed by atoms with van der Waals surface area (Å²) in [5.41, 5.74) is 0.824. The van der Waals surface area contributed by atoms with Crippen molar-refractivity contribution in [2.75, 3.05) is 18.8 Å². The molecule has 5 nitrogen and oxygen atoms in total. The second-order valence-corrected chi connectivity index (χ2v) is 8.62. The molecule has 1 atom stereocenters. The van der Waals surface area contributed by atoms with Crippen molar-refractivity contribution in [1.82, 2.24) is 14.6 Å². The van der Waals surface area contributed by atoms with Crippen molar-refractivity contribution in [3.05, 3.63) is 29.8 Å². The van der Waals surface area contributed by atoms with E-state index < -0.39 is 10.0 Å². The van der Waals surface area contributed by atoms with Gasteiger partial charge in [0.15, 0.2) is 0 Å². The molecule has 2 heterocycles. The van der Waals surface area contributed by atoms with E-state index in [2.05, 4.69) is 24.1 Å². The van der Waals surface area contributed by atoms with Gasteiger partial charge in [-0.05, 0) is 37.8 Å². The standard InChI is InChI=1S/C16H26FN3O2S/c1-4-23(21,22)20-9-7-14(8-10-20)19-16(12(2)3)15-6-5-13(17)11-18-15/h5-6,11-12,14,16,19H,4,7-10H2,1-3H3/t16-/m0/s1. The first-order chi connectivity index (χ1) is 10.8. The first-order valence-corrected chi connectivity index (χ1v) is 9.79. The summed E-state index contributed by atoms with van der Waals surface area (Å²) in [5, 5.41) is 3.57. The van der Waals surface area contributed by atoms with Crippen LogP contribution < -0.4 is 5.32 Å². The van der Waals surface area contributed by atoms with Crippen LogP contribution in [0.25, 0.3) is 0 Å². The monoisotopic (exact) mass is 343 g/mol. The summed E-state index contributed by atoms with van der Waals surface area (Å²) < 4.78 is 38.4. The van der Waals surface area contributed by atoms with Gasteiger partial charge in [0.25, 0.3) is 0 Å². The van der Waals surface area contributed by atoms with Gasteiger partial charge in [-0.25, -0.2) is 17.1 Å². The molecule has 1 aliphatic rings.